The number of rotatable bonds is 10. The van der Waals surface area contributed by atoms with E-state index in [-0.39, 0.29) is 64.4 Å². The minimum atomic E-state index is -0.966. The zero-order valence-corrected chi connectivity index (χ0v) is 33.4. The quantitative estimate of drug-likeness (QED) is 0.221. The minimum Gasteiger partial charge on any atom is -0.462 e. The Balaban J connectivity index is 1.54. The number of ketones is 1. The summed E-state index contributed by atoms with van der Waals surface area (Å²) in [5.41, 5.74) is 6.00. The van der Waals surface area contributed by atoms with Crippen LogP contribution in [-0.2, 0) is 23.9 Å². The van der Waals surface area contributed by atoms with Crippen molar-refractivity contribution in [1.29, 1.82) is 0 Å². The van der Waals surface area contributed by atoms with E-state index < -0.39 is 22.5 Å². The molecule has 280 valence electrons. The Bertz CT molecular complexity index is 1320. The van der Waals surface area contributed by atoms with Crippen molar-refractivity contribution < 1.29 is 29.0 Å². The molecule has 49 heavy (non-hydrogen) atoms. The second kappa shape index (κ2) is 13.4. The Morgan fingerprint density at radius 2 is 1.57 bits per heavy atom. The lowest BCUT2D eigenvalue weighted by Gasteiger charge is -2.69. The summed E-state index contributed by atoms with van der Waals surface area (Å²) in [6.45, 7) is 27.6. The first-order valence-electron chi connectivity index (χ1n) is 19.4. The Labute approximate surface area is 298 Å². The highest BCUT2D eigenvalue weighted by molar-refractivity contribution is 6.00. The van der Waals surface area contributed by atoms with Gasteiger partial charge in [0.2, 0.25) is 0 Å². The average Bonchev–Trinajstić information content (AvgIpc) is 3.22. The maximum Gasteiger partial charge on any atom is 0.312 e. The van der Waals surface area contributed by atoms with Crippen molar-refractivity contribution in [3.8, 4) is 0 Å². The lowest BCUT2D eigenvalue weighted by molar-refractivity contribution is -0.222. The highest BCUT2D eigenvalue weighted by atomic mass is 16.6. The van der Waals surface area contributed by atoms with Gasteiger partial charge in [-0.2, -0.15) is 0 Å². The Morgan fingerprint density at radius 3 is 2.12 bits per heavy atom. The molecule has 3 saturated carbocycles. The number of hydrogen-bond donors (Lipinski definition) is 2. The molecule has 4 aliphatic rings. The molecule has 0 spiro atoms. The second-order valence-electron chi connectivity index (χ2n) is 20.1. The summed E-state index contributed by atoms with van der Waals surface area (Å²) < 4.78 is 11.9. The molecule has 0 amide bonds. The van der Waals surface area contributed by atoms with Crippen LogP contribution in [0.15, 0.2) is 11.1 Å². The molecule has 0 aromatic heterocycles. The summed E-state index contributed by atoms with van der Waals surface area (Å²) in [5, 5.41) is 11.4. The van der Waals surface area contributed by atoms with E-state index in [0.29, 0.717) is 18.3 Å². The molecule has 0 radical (unpaired) electrons. The van der Waals surface area contributed by atoms with Gasteiger partial charge in [-0.25, -0.2) is 0 Å². The van der Waals surface area contributed by atoms with Gasteiger partial charge in [-0.1, -0.05) is 60.5 Å². The molecular formula is C42H71NO6. The Hall–Kier alpha value is -1.73. The topological polar surface area (TPSA) is 116 Å². The number of esters is 2. The summed E-state index contributed by atoms with van der Waals surface area (Å²) in [4.78, 5) is 39.6. The summed E-state index contributed by atoms with van der Waals surface area (Å²) in [6.07, 6.45) is 8.72. The third-order valence-electron chi connectivity index (χ3n) is 14.9. The Morgan fingerprint density at radius 1 is 0.939 bits per heavy atom. The molecule has 0 bridgehead atoms. The van der Waals surface area contributed by atoms with Gasteiger partial charge in [0, 0.05) is 23.8 Å². The van der Waals surface area contributed by atoms with Crippen LogP contribution < -0.4 is 5.73 Å². The fourth-order valence-electron chi connectivity index (χ4n) is 11.8. The molecule has 0 aromatic rings. The summed E-state index contributed by atoms with van der Waals surface area (Å²) in [5.74, 6) is 0.543. The van der Waals surface area contributed by atoms with E-state index in [4.69, 9.17) is 15.2 Å². The first kappa shape index (κ1) is 40.0. The van der Waals surface area contributed by atoms with Gasteiger partial charge in [0.25, 0.3) is 0 Å². The van der Waals surface area contributed by atoms with E-state index in [1.807, 2.05) is 20.8 Å². The van der Waals surface area contributed by atoms with Gasteiger partial charge >= 0.3 is 11.9 Å². The number of Topliss-reactive ketones (excluding diaryl/α,β-unsaturated/α-hetero) is 1. The maximum atomic E-state index is 13.4. The molecule has 8 atom stereocenters. The normalized spacial score (nSPS) is 37.1. The number of carbonyl (C=O) groups excluding carboxylic acids is 3. The molecule has 8 unspecified atom stereocenters. The molecule has 7 heteroatoms. The average molecular weight is 686 g/mol. The first-order chi connectivity index (χ1) is 22.3. The zero-order valence-electron chi connectivity index (χ0n) is 33.4. The molecule has 7 nitrogen and oxygen atoms in total. The maximum absolute atomic E-state index is 13.4. The molecule has 4 aliphatic carbocycles. The van der Waals surface area contributed by atoms with Crippen LogP contribution in [0.3, 0.4) is 0 Å². The van der Waals surface area contributed by atoms with Crippen LogP contribution in [0.1, 0.15) is 161 Å². The number of allylic oxidation sites excluding steroid dienone is 1. The van der Waals surface area contributed by atoms with E-state index in [1.165, 1.54) is 12.8 Å². The van der Waals surface area contributed by atoms with E-state index in [9.17, 15) is 19.5 Å². The molecule has 4 rings (SSSR count). The van der Waals surface area contributed by atoms with Crippen LogP contribution >= 0.6 is 0 Å². The van der Waals surface area contributed by atoms with E-state index in [1.54, 1.807) is 13.8 Å². The third-order valence-corrected chi connectivity index (χ3v) is 14.9. The van der Waals surface area contributed by atoms with Crippen LogP contribution in [0.4, 0.5) is 0 Å². The van der Waals surface area contributed by atoms with Crippen molar-refractivity contribution in [2.45, 2.75) is 178 Å². The first-order valence-corrected chi connectivity index (χ1v) is 19.4. The number of ether oxygens (including phenoxy) is 2. The van der Waals surface area contributed by atoms with Gasteiger partial charge in [-0.05, 0) is 132 Å². The monoisotopic (exact) mass is 686 g/mol. The molecule has 3 fully saturated rings. The lowest BCUT2D eigenvalue weighted by atomic mass is 9.36. The molecular weight excluding hydrogens is 614 g/mol. The van der Waals surface area contributed by atoms with Crippen LogP contribution in [0, 0.1) is 50.2 Å². The Kier molecular flexibility index (Phi) is 10.9. The predicted octanol–water partition coefficient (Wildman–Crippen LogP) is 8.74. The van der Waals surface area contributed by atoms with E-state index in [0.717, 1.165) is 56.1 Å². The van der Waals surface area contributed by atoms with Gasteiger partial charge in [-0.3, -0.25) is 14.4 Å². The number of fused-ring (bicyclic) bond motifs is 3. The molecule has 0 heterocycles. The van der Waals surface area contributed by atoms with Gasteiger partial charge in [-0.15, -0.1) is 0 Å². The number of aliphatic hydroxyl groups excluding tert-OH is 1. The SMILES string of the molecule is CC1=C(C(C)C)C(=O)CC1(CCC1(C)CCCC2C3(C)CCC(OC(=O)CC(C)(C)C(=O)OC(C)(C)C)C(C)(C)C3CCC21C)C(O)CN. The van der Waals surface area contributed by atoms with Gasteiger partial charge < -0.3 is 20.3 Å². The van der Waals surface area contributed by atoms with Gasteiger partial charge in [0.05, 0.1) is 17.9 Å². The van der Waals surface area contributed by atoms with Crippen molar-refractivity contribution in [2.75, 3.05) is 6.54 Å². The van der Waals surface area contributed by atoms with Gasteiger partial charge in [0.15, 0.2) is 5.78 Å². The second-order valence-corrected chi connectivity index (χ2v) is 20.1. The van der Waals surface area contributed by atoms with Crippen LogP contribution in [0.25, 0.3) is 0 Å². The fraction of sp³-hybridized carbons (Fsp3) is 0.881. The highest BCUT2D eigenvalue weighted by Gasteiger charge is 2.66. The lowest BCUT2D eigenvalue weighted by Crippen LogP contribution is -2.63. The van der Waals surface area contributed by atoms with Crippen LogP contribution in [0.5, 0.6) is 0 Å². The van der Waals surface area contributed by atoms with Crippen LogP contribution in [0.2, 0.25) is 0 Å². The van der Waals surface area contributed by atoms with Crippen molar-refractivity contribution >= 4 is 17.7 Å². The highest BCUT2D eigenvalue weighted by Crippen LogP contribution is 2.72. The summed E-state index contributed by atoms with van der Waals surface area (Å²) in [6, 6.07) is 0. The number of aliphatic hydroxyl groups is 1. The van der Waals surface area contributed by atoms with Crippen molar-refractivity contribution in [1.82, 2.24) is 0 Å². The van der Waals surface area contributed by atoms with E-state index in [2.05, 4.69) is 55.4 Å². The number of carbonyl (C=O) groups is 3. The fourth-order valence-corrected chi connectivity index (χ4v) is 11.8. The predicted molar refractivity (Wildman–Crippen MR) is 195 cm³/mol. The molecule has 0 aliphatic heterocycles. The van der Waals surface area contributed by atoms with Crippen molar-refractivity contribution in [3.63, 3.8) is 0 Å². The van der Waals surface area contributed by atoms with Crippen molar-refractivity contribution in [3.05, 3.63) is 11.1 Å². The largest absolute Gasteiger partial charge is 0.462 e. The van der Waals surface area contributed by atoms with Gasteiger partial charge in [0.1, 0.15) is 11.7 Å². The molecule has 0 saturated heterocycles. The molecule has 0 aromatic carbocycles. The molecule has 3 N–H and O–H groups in total. The standard InChI is InChI=1S/C42H71NO6/c1-26(2)34-27(3)42(23-28(34)44,31(45)25-43)22-21-39(11)18-14-15-30-40(12)19-17-32(38(9,10)29(40)16-20-41(30,39)13)48-33(46)24-37(7,8)35(47)49-36(4,5)6/h26,29-32,45H,14-25,43H2,1-13H3. The minimum absolute atomic E-state index is 0.00521. The van der Waals surface area contributed by atoms with E-state index >= 15 is 0 Å². The summed E-state index contributed by atoms with van der Waals surface area (Å²) >= 11 is 0. The smallest absolute Gasteiger partial charge is 0.312 e. The summed E-state index contributed by atoms with van der Waals surface area (Å²) in [7, 11) is 0. The van der Waals surface area contributed by atoms with Crippen molar-refractivity contribution in [2.24, 2.45) is 56.0 Å². The zero-order chi connectivity index (χ0) is 37.2. The third kappa shape index (κ3) is 6.94. The number of hydrogen-bond acceptors (Lipinski definition) is 7. The van der Waals surface area contributed by atoms with Crippen LogP contribution in [-0.4, -0.2) is 47.2 Å². The number of nitrogens with two attached hydrogens (primary N) is 1.